The maximum atomic E-state index is 6.62. The molecule has 5 nitrogen and oxygen atoms in total. The second-order valence-electron chi connectivity index (χ2n) is 10.9. The van der Waals surface area contributed by atoms with Gasteiger partial charge in [0.25, 0.3) is 0 Å². The molecule has 3 aromatic carbocycles. The highest BCUT2D eigenvalue weighted by atomic mass is 35.5. The van der Waals surface area contributed by atoms with Crippen LogP contribution in [0.5, 0.6) is 0 Å². The first-order valence-corrected chi connectivity index (χ1v) is 14.2. The van der Waals surface area contributed by atoms with Gasteiger partial charge in [0.1, 0.15) is 5.82 Å². The molecule has 1 aromatic heterocycles. The number of rotatable bonds is 6. The summed E-state index contributed by atoms with van der Waals surface area (Å²) in [5.74, 6) is 0.770. The third-order valence-corrected chi connectivity index (χ3v) is 8.53. The van der Waals surface area contributed by atoms with Crippen LogP contribution in [0.15, 0.2) is 72.9 Å². The second kappa shape index (κ2) is 10.9. The van der Waals surface area contributed by atoms with Gasteiger partial charge in [0.15, 0.2) is 0 Å². The van der Waals surface area contributed by atoms with Gasteiger partial charge >= 0.3 is 0 Å². The van der Waals surface area contributed by atoms with Crippen LogP contribution < -0.4 is 5.32 Å². The number of nitrogens with zero attached hydrogens (tertiary/aromatic N) is 3. The molecule has 0 amide bonds. The average Bonchev–Trinajstić information content (AvgIpc) is 3.45. The molecular formula is C32H36ClN5. The summed E-state index contributed by atoms with van der Waals surface area (Å²) in [4.78, 5) is 13.4. The Morgan fingerprint density at radius 2 is 1.79 bits per heavy atom. The smallest absolute Gasteiger partial charge is 0.139 e. The molecular weight excluding hydrogens is 490 g/mol. The maximum absolute atomic E-state index is 6.62. The predicted octanol–water partition coefficient (Wildman–Crippen LogP) is 7.37. The zero-order valence-electron chi connectivity index (χ0n) is 22.3. The molecule has 1 fully saturated rings. The van der Waals surface area contributed by atoms with Gasteiger partial charge in [0, 0.05) is 42.1 Å². The number of halogens is 1. The monoisotopic (exact) mass is 525 g/mol. The standard InChI is InChI=1S/C32H36ClN5/c1-22(2)37-16-13-26(14-17-37)38-18-15-27-24(21-38)9-6-10-30(27)35-25-11-12-29(33)28(19-25)32-34-20-31(36-32)23-7-4-3-5-8-23/h3-12,19-20,22,26,35H,13-18,21H2,1-2H3,(H,34,36). The number of anilines is 2. The summed E-state index contributed by atoms with van der Waals surface area (Å²) in [5, 5.41) is 4.37. The molecule has 0 unspecified atom stereocenters. The third kappa shape index (κ3) is 5.24. The number of aromatic nitrogens is 2. The zero-order valence-corrected chi connectivity index (χ0v) is 23.0. The molecule has 3 heterocycles. The van der Waals surface area contributed by atoms with Crippen LogP contribution in [-0.2, 0) is 13.0 Å². The summed E-state index contributed by atoms with van der Waals surface area (Å²) in [7, 11) is 0. The largest absolute Gasteiger partial charge is 0.355 e. The number of imidazole rings is 1. The molecule has 0 saturated carbocycles. The molecule has 0 spiro atoms. The summed E-state index contributed by atoms with van der Waals surface area (Å²) < 4.78 is 0. The van der Waals surface area contributed by atoms with E-state index in [2.05, 4.69) is 75.3 Å². The lowest BCUT2D eigenvalue weighted by Gasteiger charge is -2.42. The summed E-state index contributed by atoms with van der Waals surface area (Å²) >= 11 is 6.62. The quantitative estimate of drug-likeness (QED) is 0.276. The second-order valence-corrected chi connectivity index (χ2v) is 11.3. The number of nitrogens with one attached hydrogen (secondary N) is 2. The minimum absolute atomic E-state index is 0.652. The van der Waals surface area contributed by atoms with Crippen LogP contribution in [0.4, 0.5) is 11.4 Å². The van der Waals surface area contributed by atoms with E-state index >= 15 is 0 Å². The Labute approximate surface area is 230 Å². The lowest BCUT2D eigenvalue weighted by molar-refractivity contribution is 0.0839. The van der Waals surface area contributed by atoms with Crippen LogP contribution in [0.3, 0.4) is 0 Å². The number of hydrogen-bond donors (Lipinski definition) is 2. The minimum Gasteiger partial charge on any atom is -0.355 e. The molecule has 0 atom stereocenters. The third-order valence-electron chi connectivity index (χ3n) is 8.20. The molecule has 0 bridgehead atoms. The average molecular weight is 526 g/mol. The van der Waals surface area contributed by atoms with E-state index in [0.717, 1.165) is 47.8 Å². The van der Waals surface area contributed by atoms with E-state index in [0.29, 0.717) is 17.1 Å². The Hall–Kier alpha value is -3.12. The topological polar surface area (TPSA) is 47.2 Å². The van der Waals surface area contributed by atoms with Crippen LogP contribution in [0.25, 0.3) is 22.6 Å². The summed E-state index contributed by atoms with van der Waals surface area (Å²) in [6.45, 7) is 9.22. The minimum atomic E-state index is 0.652. The molecule has 4 aromatic rings. The Balaban J connectivity index is 1.18. The number of aromatic amines is 1. The first kappa shape index (κ1) is 25.2. The van der Waals surface area contributed by atoms with Crippen molar-refractivity contribution in [1.82, 2.24) is 19.8 Å². The summed E-state index contributed by atoms with van der Waals surface area (Å²) in [6.07, 6.45) is 5.49. The molecule has 2 aliphatic rings. The number of piperidine rings is 1. The number of benzene rings is 3. The van der Waals surface area contributed by atoms with Crippen molar-refractivity contribution in [2.45, 2.75) is 51.7 Å². The molecule has 2 aliphatic heterocycles. The van der Waals surface area contributed by atoms with Crippen molar-refractivity contribution in [2.75, 3.05) is 25.0 Å². The molecule has 6 heteroatoms. The Morgan fingerprint density at radius 3 is 2.58 bits per heavy atom. The van der Waals surface area contributed by atoms with Gasteiger partial charge in [-0.25, -0.2) is 4.98 Å². The van der Waals surface area contributed by atoms with Crippen LogP contribution in [0.2, 0.25) is 5.02 Å². The molecule has 0 aliphatic carbocycles. The molecule has 6 rings (SSSR count). The van der Waals surface area contributed by atoms with Gasteiger partial charge in [-0.15, -0.1) is 0 Å². The highest BCUT2D eigenvalue weighted by Gasteiger charge is 2.28. The highest BCUT2D eigenvalue weighted by molar-refractivity contribution is 6.33. The van der Waals surface area contributed by atoms with E-state index in [1.54, 1.807) is 0 Å². The van der Waals surface area contributed by atoms with E-state index < -0.39 is 0 Å². The van der Waals surface area contributed by atoms with Crippen LogP contribution >= 0.6 is 11.6 Å². The molecule has 1 saturated heterocycles. The van der Waals surface area contributed by atoms with Crippen LogP contribution in [0.1, 0.15) is 37.8 Å². The Morgan fingerprint density at radius 1 is 0.974 bits per heavy atom. The lowest BCUT2D eigenvalue weighted by atomic mass is 9.94. The number of hydrogen-bond acceptors (Lipinski definition) is 4. The van der Waals surface area contributed by atoms with E-state index in [4.69, 9.17) is 11.6 Å². The molecule has 196 valence electrons. The van der Waals surface area contributed by atoms with Gasteiger partial charge in [-0.2, -0.15) is 0 Å². The van der Waals surface area contributed by atoms with Gasteiger partial charge in [-0.3, -0.25) is 4.90 Å². The number of likely N-dealkylation sites (tertiary alicyclic amines) is 1. The van der Waals surface area contributed by atoms with Crippen LogP contribution in [-0.4, -0.2) is 51.5 Å². The van der Waals surface area contributed by atoms with Crippen molar-refractivity contribution in [1.29, 1.82) is 0 Å². The van der Waals surface area contributed by atoms with Crippen molar-refractivity contribution >= 4 is 23.0 Å². The van der Waals surface area contributed by atoms with Gasteiger partial charge in [0.05, 0.1) is 16.9 Å². The normalized spacial score (nSPS) is 17.1. The van der Waals surface area contributed by atoms with E-state index in [9.17, 15) is 0 Å². The van der Waals surface area contributed by atoms with Crippen LogP contribution in [0, 0.1) is 0 Å². The molecule has 0 radical (unpaired) electrons. The maximum Gasteiger partial charge on any atom is 0.139 e. The van der Waals surface area contributed by atoms with Gasteiger partial charge < -0.3 is 15.2 Å². The van der Waals surface area contributed by atoms with Gasteiger partial charge in [0.2, 0.25) is 0 Å². The van der Waals surface area contributed by atoms with E-state index in [1.165, 1.54) is 42.7 Å². The summed E-state index contributed by atoms with van der Waals surface area (Å²) in [5.41, 5.74) is 8.05. The van der Waals surface area contributed by atoms with Gasteiger partial charge in [-0.1, -0.05) is 54.1 Å². The van der Waals surface area contributed by atoms with Gasteiger partial charge in [-0.05, 0) is 87.2 Å². The lowest BCUT2D eigenvalue weighted by Crippen LogP contribution is -2.48. The first-order valence-electron chi connectivity index (χ1n) is 13.8. The van der Waals surface area contributed by atoms with E-state index in [-0.39, 0.29) is 0 Å². The first-order chi connectivity index (χ1) is 18.5. The van der Waals surface area contributed by atoms with Crippen molar-refractivity contribution in [3.63, 3.8) is 0 Å². The molecule has 38 heavy (non-hydrogen) atoms. The Bertz CT molecular complexity index is 1390. The number of fused-ring (bicyclic) bond motifs is 1. The fourth-order valence-electron chi connectivity index (χ4n) is 5.99. The van der Waals surface area contributed by atoms with Crippen molar-refractivity contribution < 1.29 is 0 Å². The summed E-state index contributed by atoms with van der Waals surface area (Å²) in [6, 6.07) is 24.3. The SMILES string of the molecule is CC(C)N1CCC(N2CCc3c(cccc3Nc3ccc(Cl)c(-c4ncc(-c5ccccc5)[nH]4)c3)C2)CC1. The van der Waals surface area contributed by atoms with Crippen molar-refractivity contribution in [2.24, 2.45) is 0 Å². The Kier molecular flexibility index (Phi) is 7.24. The fourth-order valence-corrected chi connectivity index (χ4v) is 6.20. The van der Waals surface area contributed by atoms with E-state index in [1.807, 2.05) is 36.5 Å². The van der Waals surface area contributed by atoms with Crippen molar-refractivity contribution in [3.8, 4) is 22.6 Å². The predicted molar refractivity (Wildman–Crippen MR) is 158 cm³/mol. The molecule has 2 N–H and O–H groups in total. The number of H-pyrrole nitrogens is 1. The fraction of sp³-hybridized carbons (Fsp3) is 0.344. The zero-order chi connectivity index (χ0) is 26.1. The highest BCUT2D eigenvalue weighted by Crippen LogP contribution is 2.34. The van der Waals surface area contributed by atoms with Crippen molar-refractivity contribution in [3.05, 3.63) is 89.1 Å².